The third-order valence-electron chi connectivity index (χ3n) is 15.6. The normalized spacial score (nSPS) is 19.1. The summed E-state index contributed by atoms with van der Waals surface area (Å²) in [6.45, 7) is 5.63. The lowest BCUT2D eigenvalue weighted by Crippen LogP contribution is -2.61. The van der Waals surface area contributed by atoms with E-state index >= 15 is 0 Å². The summed E-state index contributed by atoms with van der Waals surface area (Å²) in [4.78, 5) is 26.6. The van der Waals surface area contributed by atoms with E-state index in [1.165, 1.54) is 122 Å². The summed E-state index contributed by atoms with van der Waals surface area (Å²) >= 11 is 0. The Labute approximate surface area is 525 Å². The van der Waals surface area contributed by atoms with Crippen molar-refractivity contribution in [1.29, 1.82) is 0 Å². The van der Waals surface area contributed by atoms with Crippen LogP contribution in [-0.4, -0.2) is 99.6 Å². The van der Waals surface area contributed by atoms with Gasteiger partial charge < -0.3 is 45.1 Å². The van der Waals surface area contributed by atoms with Crippen molar-refractivity contribution in [3.63, 3.8) is 0 Å². The highest BCUT2D eigenvalue weighted by molar-refractivity contribution is 5.80. The van der Waals surface area contributed by atoms with Crippen molar-refractivity contribution in [2.24, 2.45) is 0 Å². The molecule has 11 heteroatoms. The van der Waals surface area contributed by atoms with Crippen LogP contribution in [0, 0.1) is 0 Å². The molecule has 1 aliphatic heterocycles. The van der Waals surface area contributed by atoms with Crippen LogP contribution in [0.15, 0.2) is 122 Å². The van der Waals surface area contributed by atoms with Crippen LogP contribution in [0.25, 0.3) is 0 Å². The first-order valence-electron chi connectivity index (χ1n) is 34.8. The van der Waals surface area contributed by atoms with Crippen LogP contribution in [0.5, 0.6) is 0 Å². The second kappa shape index (κ2) is 61.3. The summed E-state index contributed by atoms with van der Waals surface area (Å²) in [6.07, 6.45) is 75.2. The number of hydrogen-bond acceptors (Lipinski definition) is 10. The number of amides is 1. The molecule has 1 heterocycles. The lowest BCUT2D eigenvalue weighted by atomic mass is 9.99. The highest BCUT2D eigenvalue weighted by Gasteiger charge is 2.47. The average Bonchev–Trinajstić information content (AvgIpc) is 3.30. The van der Waals surface area contributed by atoms with E-state index in [1.807, 2.05) is 12.2 Å². The van der Waals surface area contributed by atoms with Crippen LogP contribution in [-0.2, 0) is 23.8 Å². The van der Waals surface area contributed by atoms with Gasteiger partial charge in [-0.05, 0) is 116 Å². The molecular weight excluding hydrogens is 1070 g/mol. The van der Waals surface area contributed by atoms with Gasteiger partial charge in [0, 0.05) is 6.42 Å². The first-order chi connectivity index (χ1) is 42.2. The molecule has 0 aliphatic carbocycles. The molecule has 0 spiro atoms. The summed E-state index contributed by atoms with van der Waals surface area (Å²) in [6, 6.07) is -1.06. The van der Waals surface area contributed by atoms with Gasteiger partial charge in [0.2, 0.25) is 5.91 Å². The van der Waals surface area contributed by atoms with Crippen molar-refractivity contribution >= 4 is 11.9 Å². The van der Waals surface area contributed by atoms with Crippen LogP contribution in [0.2, 0.25) is 0 Å². The topological polar surface area (TPSA) is 175 Å². The van der Waals surface area contributed by atoms with Gasteiger partial charge in [-0.1, -0.05) is 277 Å². The molecule has 11 nitrogen and oxygen atoms in total. The molecule has 1 aliphatic rings. The molecule has 1 fully saturated rings. The van der Waals surface area contributed by atoms with E-state index in [1.54, 1.807) is 6.08 Å². The molecule has 0 radical (unpaired) electrons. The summed E-state index contributed by atoms with van der Waals surface area (Å²) in [5.74, 6) is -1.25. The number of esters is 1. The molecular formula is C75H127NO10. The maximum atomic E-state index is 13.5. The Bertz CT molecular complexity index is 1860. The molecule has 8 atom stereocenters. The van der Waals surface area contributed by atoms with E-state index in [-0.39, 0.29) is 19.4 Å². The quantitative estimate of drug-likeness (QED) is 0.0195. The van der Waals surface area contributed by atoms with E-state index < -0.39 is 67.4 Å². The number of rotatable bonds is 58. The Balaban J connectivity index is 2.62. The number of hydrogen-bond donors (Lipinski definition) is 6. The van der Waals surface area contributed by atoms with Crippen molar-refractivity contribution in [2.45, 2.75) is 327 Å². The lowest BCUT2D eigenvalue weighted by molar-refractivity contribution is -0.305. The molecule has 86 heavy (non-hydrogen) atoms. The maximum absolute atomic E-state index is 13.5. The van der Waals surface area contributed by atoms with Crippen molar-refractivity contribution in [2.75, 3.05) is 13.2 Å². The minimum absolute atomic E-state index is 0.110. The van der Waals surface area contributed by atoms with Gasteiger partial charge in [0.05, 0.1) is 25.4 Å². The minimum Gasteiger partial charge on any atom is -0.454 e. The standard InChI is InChI=1S/C75H127NO10/c1-4-7-10-13-16-19-22-25-27-29-31-33-34-35-36-37-39-41-43-45-48-51-54-57-60-63-70(80)86-73-72(82)71(81)69(64-77)85-75(73)84-65-66(67(78)61-58-55-52-49-46-24-21-18-15-12-9-6-3)76-74(83)68(79)62-59-56-53-50-47-44-42-40-38-32-30-28-26-23-20-17-14-11-8-5-2/h8,11,16-17,19-20,25-28,31-33,38,42,44,50,53,58,61,66-69,71-73,75,77-79,81-82H,4-7,9-10,12-15,18,21-24,29-30,34-37,39-41,43,45-49,51-52,54-57,59-60,62-65H2,1-3H3,(H,76,83)/b11-8-,19-16-,20-17-,27-25-,28-26-,33-31-,38-32-,44-42-,53-50-,61-58+. The van der Waals surface area contributed by atoms with E-state index in [4.69, 9.17) is 14.2 Å². The second-order valence-corrected chi connectivity index (χ2v) is 23.5. The molecule has 1 saturated heterocycles. The molecule has 0 aromatic rings. The molecule has 6 N–H and O–H groups in total. The van der Waals surface area contributed by atoms with Gasteiger partial charge in [0.25, 0.3) is 0 Å². The third kappa shape index (κ3) is 48.0. The Morgan fingerprint density at radius 1 is 0.465 bits per heavy atom. The van der Waals surface area contributed by atoms with Gasteiger partial charge in [0.15, 0.2) is 12.4 Å². The average molecular weight is 1200 g/mol. The highest BCUT2D eigenvalue weighted by atomic mass is 16.7. The van der Waals surface area contributed by atoms with Crippen LogP contribution in [0.1, 0.15) is 278 Å². The zero-order chi connectivity index (χ0) is 62.4. The largest absolute Gasteiger partial charge is 0.454 e. The fraction of sp³-hybridized carbons (Fsp3) is 0.707. The number of carbonyl (C=O) groups is 2. The van der Waals surface area contributed by atoms with Crippen molar-refractivity contribution in [3.05, 3.63) is 122 Å². The van der Waals surface area contributed by atoms with E-state index in [9.17, 15) is 35.1 Å². The number of aliphatic hydroxyl groups excluding tert-OH is 5. The first-order valence-corrected chi connectivity index (χ1v) is 34.8. The summed E-state index contributed by atoms with van der Waals surface area (Å²) < 4.78 is 17.7. The van der Waals surface area contributed by atoms with Gasteiger partial charge >= 0.3 is 5.97 Å². The van der Waals surface area contributed by atoms with Crippen LogP contribution in [0.4, 0.5) is 0 Å². The Hall–Kier alpha value is -3.94. The summed E-state index contributed by atoms with van der Waals surface area (Å²) in [5.41, 5.74) is 0. The van der Waals surface area contributed by atoms with E-state index in [2.05, 4.69) is 129 Å². The molecule has 8 unspecified atom stereocenters. The lowest BCUT2D eigenvalue weighted by Gasteiger charge is -2.41. The predicted molar refractivity (Wildman–Crippen MR) is 361 cm³/mol. The number of carbonyl (C=O) groups excluding carboxylic acids is 2. The van der Waals surface area contributed by atoms with Gasteiger partial charge in [0.1, 0.15) is 24.4 Å². The van der Waals surface area contributed by atoms with Crippen LogP contribution in [0.3, 0.4) is 0 Å². The zero-order valence-corrected chi connectivity index (χ0v) is 54.6. The van der Waals surface area contributed by atoms with E-state index in [0.717, 1.165) is 103 Å². The Morgan fingerprint density at radius 3 is 1.28 bits per heavy atom. The third-order valence-corrected chi connectivity index (χ3v) is 15.6. The summed E-state index contributed by atoms with van der Waals surface area (Å²) in [7, 11) is 0. The number of allylic oxidation sites excluding steroid dienone is 19. The van der Waals surface area contributed by atoms with Gasteiger partial charge in [-0.15, -0.1) is 0 Å². The van der Waals surface area contributed by atoms with Crippen LogP contribution < -0.4 is 5.32 Å². The zero-order valence-electron chi connectivity index (χ0n) is 54.6. The molecule has 1 amide bonds. The van der Waals surface area contributed by atoms with Crippen molar-refractivity contribution < 1.29 is 49.3 Å². The Morgan fingerprint density at radius 2 is 0.837 bits per heavy atom. The monoisotopic (exact) mass is 1200 g/mol. The molecule has 492 valence electrons. The molecule has 1 rings (SSSR count). The SMILES string of the molecule is CC/C=C\C/C=C\C/C=C\C/C=C\C/C=C\C/C=C\CCCC(O)C(=O)NC(COC1OC(CO)C(O)C(O)C1OC(=O)CCCCCCCCCCCCCC/C=C\C/C=C\C/C=C\CCCCC)C(O)/C=C/CCCCCCCCCCCC. The predicted octanol–water partition coefficient (Wildman–Crippen LogP) is 17.8. The first kappa shape index (κ1) is 80.1. The molecule has 0 bridgehead atoms. The number of unbranched alkanes of at least 4 members (excludes halogenated alkanes) is 26. The minimum atomic E-state index is -1.63. The van der Waals surface area contributed by atoms with Gasteiger partial charge in [-0.25, -0.2) is 0 Å². The molecule has 0 aromatic heterocycles. The smallest absolute Gasteiger partial charge is 0.306 e. The highest BCUT2D eigenvalue weighted by Crippen LogP contribution is 2.26. The number of aliphatic hydroxyl groups is 5. The van der Waals surface area contributed by atoms with Crippen molar-refractivity contribution in [3.8, 4) is 0 Å². The second-order valence-electron chi connectivity index (χ2n) is 23.5. The van der Waals surface area contributed by atoms with Gasteiger partial charge in [-0.2, -0.15) is 0 Å². The molecule has 0 aromatic carbocycles. The maximum Gasteiger partial charge on any atom is 0.306 e. The fourth-order valence-corrected chi connectivity index (χ4v) is 10.1. The van der Waals surface area contributed by atoms with Gasteiger partial charge in [-0.3, -0.25) is 9.59 Å². The molecule has 0 saturated carbocycles. The Kier molecular flexibility index (Phi) is 57.1. The van der Waals surface area contributed by atoms with E-state index in [0.29, 0.717) is 19.3 Å². The number of nitrogens with one attached hydrogen (secondary N) is 1. The van der Waals surface area contributed by atoms with Crippen molar-refractivity contribution in [1.82, 2.24) is 5.32 Å². The van der Waals surface area contributed by atoms with Crippen LogP contribution >= 0.6 is 0 Å². The summed E-state index contributed by atoms with van der Waals surface area (Å²) in [5, 5.41) is 57.1. The number of ether oxygens (including phenoxy) is 3. The fourth-order valence-electron chi connectivity index (χ4n) is 10.1.